The molecule has 0 atom stereocenters. The Morgan fingerprint density at radius 1 is 0.968 bits per heavy atom. The third kappa shape index (κ3) is 5.03. The molecule has 1 amide bonds. The maximum Gasteiger partial charge on any atom is 0.246 e. The van der Waals surface area contributed by atoms with Gasteiger partial charge in [-0.3, -0.25) is 4.79 Å². The first kappa shape index (κ1) is 20.9. The Morgan fingerprint density at radius 3 is 2.35 bits per heavy atom. The molecule has 0 N–H and O–H groups in total. The van der Waals surface area contributed by atoms with Crippen molar-refractivity contribution in [2.75, 3.05) is 38.2 Å². The summed E-state index contributed by atoms with van der Waals surface area (Å²) in [4.78, 5) is 16.5. The van der Waals surface area contributed by atoms with Gasteiger partial charge < -0.3 is 14.5 Å². The van der Waals surface area contributed by atoms with E-state index in [0.29, 0.717) is 31.2 Å². The molecule has 4 rings (SSSR count). The summed E-state index contributed by atoms with van der Waals surface area (Å²) in [6, 6.07) is 19.1. The third-order valence-electron chi connectivity index (χ3n) is 5.26. The van der Waals surface area contributed by atoms with E-state index in [9.17, 15) is 4.79 Å². The summed E-state index contributed by atoms with van der Waals surface area (Å²) in [7, 11) is 1.64. The highest BCUT2D eigenvalue weighted by Gasteiger charge is 2.21. The van der Waals surface area contributed by atoms with E-state index < -0.39 is 0 Å². The Labute approximate surface area is 186 Å². The van der Waals surface area contributed by atoms with Crippen molar-refractivity contribution in [1.82, 2.24) is 15.1 Å². The number of methoxy groups -OCH3 is 1. The summed E-state index contributed by atoms with van der Waals surface area (Å²) in [5, 5.41) is 9.39. The van der Waals surface area contributed by atoms with Crippen LogP contribution in [-0.2, 0) is 4.79 Å². The van der Waals surface area contributed by atoms with Crippen LogP contribution in [0.3, 0.4) is 0 Å². The molecule has 31 heavy (non-hydrogen) atoms. The van der Waals surface area contributed by atoms with E-state index in [1.807, 2.05) is 65.6 Å². The lowest BCUT2D eigenvalue weighted by Gasteiger charge is -2.34. The average Bonchev–Trinajstić information content (AvgIpc) is 2.84. The van der Waals surface area contributed by atoms with Crippen LogP contribution in [0.2, 0.25) is 5.02 Å². The summed E-state index contributed by atoms with van der Waals surface area (Å²) in [5.41, 5.74) is 2.63. The molecular formula is C24H23ClN4O2. The highest BCUT2D eigenvalue weighted by Crippen LogP contribution is 2.22. The molecule has 6 nitrogen and oxygen atoms in total. The van der Waals surface area contributed by atoms with Crippen LogP contribution in [0.1, 0.15) is 5.56 Å². The lowest BCUT2D eigenvalue weighted by molar-refractivity contribution is -0.126. The number of amides is 1. The molecule has 1 saturated heterocycles. The molecule has 0 radical (unpaired) electrons. The smallest absolute Gasteiger partial charge is 0.246 e. The zero-order chi connectivity index (χ0) is 21.6. The number of nitrogens with zero attached hydrogens (tertiary/aromatic N) is 4. The second-order valence-electron chi connectivity index (χ2n) is 7.17. The predicted molar refractivity (Wildman–Crippen MR) is 123 cm³/mol. The number of carbonyl (C=O) groups excluding carboxylic acids is 1. The minimum atomic E-state index is -0.0134. The van der Waals surface area contributed by atoms with E-state index in [0.717, 1.165) is 28.4 Å². The number of ether oxygens (including phenoxy) is 1. The number of carbonyl (C=O) groups is 1. The molecule has 1 fully saturated rings. The molecule has 0 bridgehead atoms. The van der Waals surface area contributed by atoms with Gasteiger partial charge in [0.1, 0.15) is 5.75 Å². The van der Waals surface area contributed by atoms with Gasteiger partial charge in [0.15, 0.2) is 5.82 Å². The van der Waals surface area contributed by atoms with Crippen LogP contribution in [-0.4, -0.2) is 54.3 Å². The zero-order valence-corrected chi connectivity index (χ0v) is 18.0. The molecule has 0 saturated carbocycles. The van der Waals surface area contributed by atoms with Gasteiger partial charge in [0.2, 0.25) is 5.91 Å². The second-order valence-corrected chi connectivity index (χ2v) is 7.58. The number of hydrogen-bond acceptors (Lipinski definition) is 5. The first-order chi connectivity index (χ1) is 15.1. The molecule has 3 aromatic rings. The van der Waals surface area contributed by atoms with Gasteiger partial charge in [0.05, 0.1) is 12.8 Å². The van der Waals surface area contributed by atoms with Gasteiger partial charge in [-0.15, -0.1) is 10.2 Å². The lowest BCUT2D eigenvalue weighted by atomic mass is 10.1. The van der Waals surface area contributed by atoms with Crippen LogP contribution in [0.4, 0.5) is 5.82 Å². The van der Waals surface area contributed by atoms with E-state index in [-0.39, 0.29) is 5.91 Å². The van der Waals surface area contributed by atoms with E-state index in [1.165, 1.54) is 0 Å². The summed E-state index contributed by atoms with van der Waals surface area (Å²) in [6.45, 7) is 2.69. The minimum absolute atomic E-state index is 0.0134. The van der Waals surface area contributed by atoms with Crippen LogP contribution in [0.15, 0.2) is 66.7 Å². The van der Waals surface area contributed by atoms with Crippen molar-refractivity contribution >= 4 is 29.4 Å². The number of hydrogen-bond donors (Lipinski definition) is 0. The monoisotopic (exact) mass is 434 g/mol. The highest BCUT2D eigenvalue weighted by molar-refractivity contribution is 6.32. The SMILES string of the molecule is COc1ccc(-c2ccc(N3CCN(C(=O)/C=C/c4ccccc4Cl)CC3)nn2)cc1. The van der Waals surface area contributed by atoms with Crippen LogP contribution < -0.4 is 9.64 Å². The summed E-state index contributed by atoms with van der Waals surface area (Å²) in [5.74, 6) is 1.61. The Morgan fingerprint density at radius 2 is 1.71 bits per heavy atom. The topological polar surface area (TPSA) is 58.6 Å². The fraction of sp³-hybridized carbons (Fsp3) is 0.208. The molecule has 1 aromatic heterocycles. The summed E-state index contributed by atoms with van der Waals surface area (Å²) in [6.07, 6.45) is 3.35. The molecule has 2 aromatic carbocycles. The lowest BCUT2D eigenvalue weighted by Crippen LogP contribution is -2.48. The number of piperazine rings is 1. The van der Waals surface area contributed by atoms with Crippen LogP contribution in [0.25, 0.3) is 17.3 Å². The molecule has 0 unspecified atom stereocenters. The van der Waals surface area contributed by atoms with Gasteiger partial charge in [-0.2, -0.15) is 0 Å². The standard InChI is InChI=1S/C24H23ClN4O2/c1-31-20-9-6-19(7-10-20)22-11-12-23(27-26-22)28-14-16-29(17-15-28)24(30)13-8-18-4-2-3-5-21(18)25/h2-13H,14-17H2,1H3/b13-8+. The summed E-state index contributed by atoms with van der Waals surface area (Å²) < 4.78 is 5.19. The second kappa shape index (κ2) is 9.62. The Kier molecular flexibility index (Phi) is 6.48. The largest absolute Gasteiger partial charge is 0.497 e. The fourth-order valence-corrected chi connectivity index (χ4v) is 3.64. The average molecular weight is 435 g/mol. The molecular weight excluding hydrogens is 412 g/mol. The van der Waals surface area contributed by atoms with Crippen molar-refractivity contribution in [2.45, 2.75) is 0 Å². The van der Waals surface area contributed by atoms with Crippen LogP contribution >= 0.6 is 11.6 Å². The van der Waals surface area contributed by atoms with Crippen molar-refractivity contribution in [1.29, 1.82) is 0 Å². The third-order valence-corrected chi connectivity index (χ3v) is 5.61. The number of benzene rings is 2. The van der Waals surface area contributed by atoms with E-state index >= 15 is 0 Å². The Balaban J connectivity index is 1.34. The van der Waals surface area contributed by atoms with Crippen LogP contribution in [0, 0.1) is 0 Å². The molecule has 0 spiro atoms. The molecule has 2 heterocycles. The Hall–Kier alpha value is -3.38. The van der Waals surface area contributed by atoms with Gasteiger partial charge in [0.25, 0.3) is 0 Å². The van der Waals surface area contributed by atoms with Gasteiger partial charge in [-0.25, -0.2) is 0 Å². The van der Waals surface area contributed by atoms with E-state index in [1.54, 1.807) is 19.3 Å². The molecule has 0 aliphatic carbocycles. The van der Waals surface area contributed by atoms with Crippen molar-refractivity contribution in [3.63, 3.8) is 0 Å². The predicted octanol–water partition coefficient (Wildman–Crippen LogP) is 4.17. The highest BCUT2D eigenvalue weighted by atomic mass is 35.5. The van der Waals surface area contributed by atoms with Gasteiger partial charge in [-0.1, -0.05) is 29.8 Å². The van der Waals surface area contributed by atoms with E-state index in [2.05, 4.69) is 15.1 Å². The van der Waals surface area contributed by atoms with Crippen molar-refractivity contribution in [3.05, 3.63) is 77.3 Å². The zero-order valence-electron chi connectivity index (χ0n) is 17.2. The minimum Gasteiger partial charge on any atom is -0.497 e. The first-order valence-electron chi connectivity index (χ1n) is 10.1. The molecule has 1 aliphatic rings. The number of aromatic nitrogens is 2. The fourth-order valence-electron chi connectivity index (χ4n) is 3.44. The van der Waals surface area contributed by atoms with Crippen molar-refractivity contribution in [2.24, 2.45) is 0 Å². The maximum atomic E-state index is 12.5. The maximum absolute atomic E-state index is 12.5. The van der Waals surface area contributed by atoms with Gasteiger partial charge in [-0.05, 0) is 54.1 Å². The van der Waals surface area contributed by atoms with E-state index in [4.69, 9.17) is 16.3 Å². The number of rotatable bonds is 5. The summed E-state index contributed by atoms with van der Waals surface area (Å²) >= 11 is 6.14. The van der Waals surface area contributed by atoms with Crippen molar-refractivity contribution < 1.29 is 9.53 Å². The van der Waals surface area contributed by atoms with Crippen LogP contribution in [0.5, 0.6) is 5.75 Å². The quantitative estimate of drug-likeness (QED) is 0.564. The molecule has 7 heteroatoms. The molecule has 158 valence electrons. The normalized spacial score (nSPS) is 14.1. The van der Waals surface area contributed by atoms with Crippen molar-refractivity contribution in [3.8, 4) is 17.0 Å². The Bertz CT molecular complexity index is 1060. The first-order valence-corrected chi connectivity index (χ1v) is 10.5. The number of anilines is 1. The molecule has 1 aliphatic heterocycles. The van der Waals surface area contributed by atoms with Gasteiger partial charge >= 0.3 is 0 Å². The number of halogens is 1. The van der Waals surface area contributed by atoms with Gasteiger partial charge in [0, 0.05) is 42.8 Å².